The molecule has 0 heterocycles. The molecule has 27 heavy (non-hydrogen) atoms. The van der Waals surface area contributed by atoms with Gasteiger partial charge >= 0.3 is 11.9 Å². The maximum atomic E-state index is 11.9. The fourth-order valence-corrected chi connectivity index (χ4v) is 2.90. The van der Waals surface area contributed by atoms with E-state index in [-0.39, 0.29) is 25.2 Å². The van der Waals surface area contributed by atoms with E-state index in [0.717, 1.165) is 21.9 Å². The van der Waals surface area contributed by atoms with Crippen molar-refractivity contribution in [2.75, 3.05) is 0 Å². The maximum Gasteiger partial charge on any atom is 0.311 e. The number of hydrogen-bond acceptors (Lipinski definition) is 4. The molecule has 4 nitrogen and oxygen atoms in total. The van der Waals surface area contributed by atoms with Gasteiger partial charge in [-0.3, -0.25) is 9.59 Å². The van der Waals surface area contributed by atoms with Crippen LogP contribution in [0.4, 0.5) is 0 Å². The van der Waals surface area contributed by atoms with Gasteiger partial charge in [0.05, 0.1) is 17.9 Å². The van der Waals surface area contributed by atoms with Crippen LogP contribution in [-0.4, -0.2) is 11.9 Å². The second-order valence-electron chi connectivity index (χ2n) is 6.25. The van der Waals surface area contributed by atoms with Crippen molar-refractivity contribution in [2.24, 2.45) is 0 Å². The molecule has 3 aromatic carbocycles. The van der Waals surface area contributed by atoms with E-state index in [1.54, 1.807) is 18.2 Å². The quantitative estimate of drug-likeness (QED) is 0.432. The Bertz CT molecular complexity index is 981. The van der Waals surface area contributed by atoms with Crippen LogP contribution < -0.4 is 4.74 Å². The Labute approximate surface area is 162 Å². The third-order valence-corrected chi connectivity index (χ3v) is 4.35. The average molecular weight is 383 g/mol. The van der Waals surface area contributed by atoms with E-state index in [4.69, 9.17) is 21.1 Å². The summed E-state index contributed by atoms with van der Waals surface area (Å²) >= 11 is 6.03. The summed E-state index contributed by atoms with van der Waals surface area (Å²) in [6.45, 7) is 2.06. The smallest absolute Gasteiger partial charge is 0.311 e. The summed E-state index contributed by atoms with van der Waals surface area (Å²) in [4.78, 5) is 23.8. The lowest BCUT2D eigenvalue weighted by Crippen LogP contribution is -2.12. The second kappa shape index (κ2) is 8.69. The van der Waals surface area contributed by atoms with Crippen LogP contribution in [0.25, 0.3) is 10.8 Å². The molecule has 0 fully saturated rings. The molecule has 0 spiro atoms. The van der Waals surface area contributed by atoms with Crippen molar-refractivity contribution in [3.8, 4) is 5.75 Å². The molecule has 0 aromatic heterocycles. The van der Waals surface area contributed by atoms with Gasteiger partial charge in [0.1, 0.15) is 12.4 Å². The number of fused-ring (bicyclic) bond motifs is 1. The Morgan fingerprint density at radius 2 is 1.63 bits per heavy atom. The van der Waals surface area contributed by atoms with Crippen molar-refractivity contribution < 1.29 is 19.1 Å². The first kappa shape index (κ1) is 18.9. The zero-order valence-electron chi connectivity index (χ0n) is 14.9. The molecule has 0 amide bonds. The zero-order chi connectivity index (χ0) is 19.2. The number of rotatable bonds is 6. The van der Waals surface area contributed by atoms with E-state index in [1.807, 2.05) is 49.4 Å². The van der Waals surface area contributed by atoms with Crippen molar-refractivity contribution in [2.45, 2.75) is 26.4 Å². The number of esters is 2. The molecular weight excluding hydrogens is 364 g/mol. The number of ether oxygens (including phenoxy) is 2. The maximum absolute atomic E-state index is 11.9. The topological polar surface area (TPSA) is 52.6 Å². The number of hydrogen-bond donors (Lipinski definition) is 0. The summed E-state index contributed by atoms with van der Waals surface area (Å²) in [5.41, 5.74) is 1.87. The van der Waals surface area contributed by atoms with Gasteiger partial charge in [-0.05, 0) is 47.0 Å². The molecule has 0 radical (unpaired) electrons. The molecule has 0 unspecified atom stereocenters. The molecule has 0 bridgehead atoms. The molecule has 5 heteroatoms. The van der Waals surface area contributed by atoms with Crippen molar-refractivity contribution in [1.29, 1.82) is 0 Å². The van der Waals surface area contributed by atoms with Gasteiger partial charge in [-0.15, -0.1) is 0 Å². The zero-order valence-corrected chi connectivity index (χ0v) is 15.7. The molecule has 0 saturated heterocycles. The Hall–Kier alpha value is -2.85. The highest BCUT2D eigenvalue weighted by molar-refractivity contribution is 6.32. The van der Waals surface area contributed by atoms with Crippen molar-refractivity contribution in [3.05, 3.63) is 76.8 Å². The number of aryl methyl sites for hydroxylation is 1. The van der Waals surface area contributed by atoms with Gasteiger partial charge in [-0.1, -0.05) is 54.1 Å². The third-order valence-electron chi connectivity index (χ3n) is 4.06. The van der Waals surface area contributed by atoms with Gasteiger partial charge in [0.25, 0.3) is 0 Å². The fraction of sp³-hybridized carbons (Fsp3) is 0.182. The summed E-state index contributed by atoms with van der Waals surface area (Å²) in [6, 6.07) is 19.0. The lowest BCUT2D eigenvalue weighted by molar-refractivity contribution is -0.148. The van der Waals surface area contributed by atoms with E-state index < -0.39 is 11.9 Å². The van der Waals surface area contributed by atoms with E-state index in [2.05, 4.69) is 0 Å². The lowest BCUT2D eigenvalue weighted by Gasteiger charge is -2.08. The van der Waals surface area contributed by atoms with Crippen LogP contribution in [0.2, 0.25) is 5.02 Å². The van der Waals surface area contributed by atoms with Crippen LogP contribution >= 0.6 is 11.6 Å². The normalized spacial score (nSPS) is 10.6. The highest BCUT2D eigenvalue weighted by atomic mass is 35.5. The predicted octanol–water partition coefficient (Wildman–Crippen LogP) is 5.23. The van der Waals surface area contributed by atoms with Crippen LogP contribution in [0.3, 0.4) is 0 Å². The van der Waals surface area contributed by atoms with E-state index in [0.29, 0.717) is 5.02 Å². The number of carbonyl (C=O) groups excluding carboxylic acids is 2. The first-order valence-electron chi connectivity index (χ1n) is 8.61. The Morgan fingerprint density at radius 1 is 0.889 bits per heavy atom. The molecular formula is C22H19ClO4. The van der Waals surface area contributed by atoms with Crippen molar-refractivity contribution >= 4 is 34.3 Å². The van der Waals surface area contributed by atoms with Gasteiger partial charge in [0, 0.05) is 0 Å². The number of benzene rings is 3. The minimum absolute atomic E-state index is 0.0457. The lowest BCUT2D eigenvalue weighted by atomic mass is 10.1. The molecule has 0 aliphatic rings. The Morgan fingerprint density at radius 3 is 2.41 bits per heavy atom. The second-order valence-corrected chi connectivity index (χ2v) is 6.66. The molecule has 138 valence electrons. The van der Waals surface area contributed by atoms with Crippen LogP contribution in [0, 0.1) is 6.92 Å². The van der Waals surface area contributed by atoms with Gasteiger partial charge in [-0.25, -0.2) is 0 Å². The predicted molar refractivity (Wildman–Crippen MR) is 105 cm³/mol. The third kappa shape index (κ3) is 5.31. The standard InChI is InChI=1S/C22H19ClO4/c1-15-6-9-20(19(23)12-15)27-22(25)11-10-21(24)26-14-16-7-8-17-4-2-3-5-18(17)13-16/h2-9,12-13H,10-11,14H2,1H3. The molecule has 3 rings (SSSR count). The summed E-state index contributed by atoms with van der Waals surface area (Å²) in [6.07, 6.45) is -0.114. The van der Waals surface area contributed by atoms with Gasteiger partial charge in [0.2, 0.25) is 0 Å². The molecule has 3 aromatic rings. The van der Waals surface area contributed by atoms with Crippen LogP contribution in [0.5, 0.6) is 5.75 Å². The Kier molecular flexibility index (Phi) is 6.09. The fourth-order valence-electron chi connectivity index (χ4n) is 2.63. The van der Waals surface area contributed by atoms with E-state index >= 15 is 0 Å². The summed E-state index contributed by atoms with van der Waals surface area (Å²) in [7, 11) is 0. The highest BCUT2D eigenvalue weighted by Crippen LogP contribution is 2.25. The number of halogens is 1. The SMILES string of the molecule is Cc1ccc(OC(=O)CCC(=O)OCc2ccc3ccccc3c2)c(Cl)c1. The molecule has 0 aliphatic carbocycles. The van der Waals surface area contributed by atoms with E-state index in [1.165, 1.54) is 0 Å². The highest BCUT2D eigenvalue weighted by Gasteiger charge is 2.12. The minimum Gasteiger partial charge on any atom is -0.461 e. The van der Waals surface area contributed by atoms with Gasteiger partial charge in [0.15, 0.2) is 0 Å². The van der Waals surface area contributed by atoms with Crippen molar-refractivity contribution in [1.82, 2.24) is 0 Å². The molecule has 0 N–H and O–H groups in total. The largest absolute Gasteiger partial charge is 0.461 e. The molecule has 0 atom stereocenters. The average Bonchev–Trinajstić information content (AvgIpc) is 2.67. The van der Waals surface area contributed by atoms with Crippen molar-refractivity contribution in [3.63, 3.8) is 0 Å². The van der Waals surface area contributed by atoms with Gasteiger partial charge < -0.3 is 9.47 Å². The van der Waals surface area contributed by atoms with Crippen LogP contribution in [-0.2, 0) is 20.9 Å². The Balaban J connectivity index is 1.46. The summed E-state index contributed by atoms with van der Waals surface area (Å²) in [5.74, 6) is -0.685. The summed E-state index contributed by atoms with van der Waals surface area (Å²) < 4.78 is 10.4. The van der Waals surface area contributed by atoms with Crippen LogP contribution in [0.1, 0.15) is 24.0 Å². The van der Waals surface area contributed by atoms with Gasteiger partial charge in [-0.2, -0.15) is 0 Å². The van der Waals surface area contributed by atoms with E-state index in [9.17, 15) is 9.59 Å². The first-order chi connectivity index (χ1) is 13.0. The first-order valence-corrected chi connectivity index (χ1v) is 8.99. The molecule has 0 saturated carbocycles. The minimum atomic E-state index is -0.525. The summed E-state index contributed by atoms with van der Waals surface area (Å²) in [5, 5.41) is 2.58. The monoisotopic (exact) mass is 382 g/mol. The molecule has 0 aliphatic heterocycles. The van der Waals surface area contributed by atoms with Crippen LogP contribution in [0.15, 0.2) is 60.7 Å². The number of carbonyl (C=O) groups is 2.